The number of halogens is 1. The first kappa shape index (κ1) is 20.8. The maximum absolute atomic E-state index is 12.9. The molecule has 0 saturated heterocycles. The highest BCUT2D eigenvalue weighted by Gasteiger charge is 2.13. The molecule has 0 atom stereocenters. The first-order valence-electron chi connectivity index (χ1n) is 9.29. The van der Waals surface area contributed by atoms with Crippen molar-refractivity contribution in [3.63, 3.8) is 0 Å². The van der Waals surface area contributed by atoms with Gasteiger partial charge in [0.15, 0.2) is 5.16 Å². The molecule has 0 spiro atoms. The average Bonchev–Trinajstić information content (AvgIpc) is 2.71. The van der Waals surface area contributed by atoms with E-state index in [-0.39, 0.29) is 23.7 Å². The van der Waals surface area contributed by atoms with Crippen LogP contribution in [0.15, 0.2) is 64.5 Å². The second-order valence-electron chi connectivity index (χ2n) is 6.61. The molecule has 150 valence electrons. The number of hydrogen-bond acceptors (Lipinski definition) is 4. The molecule has 0 aliphatic rings. The molecule has 0 saturated carbocycles. The van der Waals surface area contributed by atoms with Crippen LogP contribution < -0.4 is 10.9 Å². The van der Waals surface area contributed by atoms with Gasteiger partial charge < -0.3 is 10.3 Å². The number of nitrogens with one attached hydrogen (secondary N) is 2. The average molecular weight is 412 g/mol. The SMILES string of the molecule is Cc1nc(SCc2ccccc2)[nH]c(=O)c1CC(=O)NCCc1ccc(F)cc1. The van der Waals surface area contributed by atoms with Crippen molar-refractivity contribution >= 4 is 17.7 Å². The van der Waals surface area contributed by atoms with Crippen LogP contribution in [0.2, 0.25) is 0 Å². The van der Waals surface area contributed by atoms with Crippen molar-refractivity contribution < 1.29 is 9.18 Å². The van der Waals surface area contributed by atoms with E-state index in [9.17, 15) is 14.0 Å². The number of aromatic nitrogens is 2. The van der Waals surface area contributed by atoms with E-state index in [0.29, 0.717) is 35.1 Å². The van der Waals surface area contributed by atoms with E-state index >= 15 is 0 Å². The number of amides is 1. The summed E-state index contributed by atoms with van der Waals surface area (Å²) in [5, 5.41) is 3.33. The third-order valence-electron chi connectivity index (χ3n) is 4.41. The number of aromatic amines is 1. The smallest absolute Gasteiger partial charge is 0.255 e. The van der Waals surface area contributed by atoms with Crippen LogP contribution in [0.5, 0.6) is 0 Å². The van der Waals surface area contributed by atoms with Crippen molar-refractivity contribution in [3.8, 4) is 0 Å². The van der Waals surface area contributed by atoms with Crippen LogP contribution in [0.3, 0.4) is 0 Å². The molecule has 1 heterocycles. The van der Waals surface area contributed by atoms with Crippen LogP contribution in [0.4, 0.5) is 4.39 Å². The summed E-state index contributed by atoms with van der Waals surface area (Å²) in [5.41, 5.74) is 2.71. The third-order valence-corrected chi connectivity index (χ3v) is 5.35. The van der Waals surface area contributed by atoms with E-state index < -0.39 is 0 Å². The monoisotopic (exact) mass is 411 g/mol. The van der Waals surface area contributed by atoms with Gasteiger partial charge in [0.25, 0.3) is 5.56 Å². The molecule has 0 aliphatic heterocycles. The fourth-order valence-electron chi connectivity index (χ4n) is 2.81. The summed E-state index contributed by atoms with van der Waals surface area (Å²) in [4.78, 5) is 31.8. The number of carbonyl (C=O) groups is 1. The highest BCUT2D eigenvalue weighted by Crippen LogP contribution is 2.18. The molecule has 0 radical (unpaired) electrons. The van der Waals surface area contributed by atoms with Gasteiger partial charge >= 0.3 is 0 Å². The Morgan fingerprint density at radius 3 is 2.52 bits per heavy atom. The van der Waals surface area contributed by atoms with Gasteiger partial charge in [-0.25, -0.2) is 9.37 Å². The van der Waals surface area contributed by atoms with Crippen molar-refractivity contribution in [2.75, 3.05) is 6.54 Å². The number of H-pyrrole nitrogens is 1. The molecule has 0 aliphatic carbocycles. The highest BCUT2D eigenvalue weighted by molar-refractivity contribution is 7.98. The Hall–Kier alpha value is -2.93. The van der Waals surface area contributed by atoms with Gasteiger partial charge in [0.05, 0.1) is 6.42 Å². The summed E-state index contributed by atoms with van der Waals surface area (Å²) >= 11 is 1.45. The summed E-state index contributed by atoms with van der Waals surface area (Å²) in [5.74, 6) is 0.171. The first-order chi connectivity index (χ1) is 14.0. The molecule has 2 N–H and O–H groups in total. The number of carbonyl (C=O) groups excluding carboxylic acids is 1. The Morgan fingerprint density at radius 1 is 1.10 bits per heavy atom. The number of nitrogens with zero attached hydrogens (tertiary/aromatic N) is 1. The Kier molecular flexibility index (Phi) is 7.19. The number of aryl methyl sites for hydroxylation is 1. The predicted octanol–water partition coefficient (Wildman–Crippen LogP) is 3.41. The molecule has 2 aromatic carbocycles. The van der Waals surface area contributed by atoms with Crippen LogP contribution in [0.1, 0.15) is 22.4 Å². The van der Waals surface area contributed by atoms with Gasteiger partial charge in [0, 0.05) is 23.6 Å². The molecule has 3 rings (SSSR count). The molecular weight excluding hydrogens is 389 g/mol. The molecule has 29 heavy (non-hydrogen) atoms. The topological polar surface area (TPSA) is 74.8 Å². The van der Waals surface area contributed by atoms with Crippen LogP contribution in [-0.2, 0) is 23.4 Å². The highest BCUT2D eigenvalue weighted by atomic mass is 32.2. The minimum absolute atomic E-state index is 0.0266. The maximum Gasteiger partial charge on any atom is 0.255 e. The standard InChI is InChI=1S/C22H22FN3O2S/c1-15-19(13-20(27)24-12-11-16-7-9-18(23)10-8-16)21(28)26-22(25-15)29-14-17-5-3-2-4-6-17/h2-10H,11-14H2,1H3,(H,24,27)(H,25,26,28). The lowest BCUT2D eigenvalue weighted by molar-refractivity contribution is -0.120. The molecule has 5 nitrogen and oxygen atoms in total. The lowest BCUT2D eigenvalue weighted by Gasteiger charge is -2.08. The molecule has 0 fully saturated rings. The summed E-state index contributed by atoms with van der Waals surface area (Å²) < 4.78 is 12.9. The zero-order valence-electron chi connectivity index (χ0n) is 16.1. The Balaban J connectivity index is 1.53. The summed E-state index contributed by atoms with van der Waals surface area (Å²) in [7, 11) is 0. The summed E-state index contributed by atoms with van der Waals surface area (Å²) in [6.07, 6.45) is 0.565. The lowest BCUT2D eigenvalue weighted by Crippen LogP contribution is -2.30. The Morgan fingerprint density at radius 2 is 1.83 bits per heavy atom. The van der Waals surface area contributed by atoms with Gasteiger partial charge in [-0.2, -0.15) is 0 Å². The lowest BCUT2D eigenvalue weighted by atomic mass is 10.1. The van der Waals surface area contributed by atoms with Crippen LogP contribution in [-0.4, -0.2) is 22.4 Å². The van der Waals surface area contributed by atoms with E-state index in [2.05, 4.69) is 15.3 Å². The molecule has 3 aromatic rings. The van der Waals surface area contributed by atoms with E-state index in [1.54, 1.807) is 19.1 Å². The second-order valence-corrected chi connectivity index (χ2v) is 7.58. The quantitative estimate of drug-likeness (QED) is 0.440. The number of benzene rings is 2. The molecule has 0 bridgehead atoms. The van der Waals surface area contributed by atoms with Gasteiger partial charge in [-0.1, -0.05) is 54.2 Å². The molecule has 0 unspecified atom stereocenters. The van der Waals surface area contributed by atoms with E-state index in [0.717, 1.165) is 11.1 Å². The molecule has 7 heteroatoms. The first-order valence-corrected chi connectivity index (χ1v) is 10.3. The largest absolute Gasteiger partial charge is 0.355 e. The molecule has 1 aromatic heterocycles. The van der Waals surface area contributed by atoms with Gasteiger partial charge in [0.2, 0.25) is 5.91 Å². The minimum atomic E-state index is -0.290. The second kappa shape index (κ2) is 10.0. The fraction of sp³-hybridized carbons (Fsp3) is 0.227. The van der Waals surface area contributed by atoms with Crippen molar-refractivity contribution in [3.05, 3.63) is 93.2 Å². The van der Waals surface area contributed by atoms with E-state index in [4.69, 9.17) is 0 Å². The van der Waals surface area contributed by atoms with Crippen molar-refractivity contribution in [1.82, 2.24) is 15.3 Å². The van der Waals surface area contributed by atoms with Gasteiger partial charge in [-0.05, 0) is 36.6 Å². The fourth-order valence-corrected chi connectivity index (χ4v) is 3.67. The Labute approximate surface area is 172 Å². The van der Waals surface area contributed by atoms with Crippen LogP contribution >= 0.6 is 11.8 Å². The van der Waals surface area contributed by atoms with Gasteiger partial charge in [0.1, 0.15) is 5.82 Å². The molecular formula is C22H22FN3O2S. The number of rotatable bonds is 8. The normalized spacial score (nSPS) is 10.7. The zero-order chi connectivity index (χ0) is 20.6. The van der Waals surface area contributed by atoms with Gasteiger partial charge in [-0.3, -0.25) is 9.59 Å². The van der Waals surface area contributed by atoms with Gasteiger partial charge in [-0.15, -0.1) is 0 Å². The summed E-state index contributed by atoms with van der Waals surface area (Å²) in [6, 6.07) is 16.1. The maximum atomic E-state index is 12.9. The third kappa shape index (κ3) is 6.29. The van der Waals surface area contributed by atoms with Crippen molar-refractivity contribution in [2.45, 2.75) is 30.7 Å². The van der Waals surface area contributed by atoms with Crippen LogP contribution in [0.25, 0.3) is 0 Å². The summed E-state index contributed by atoms with van der Waals surface area (Å²) in [6.45, 7) is 2.16. The zero-order valence-corrected chi connectivity index (χ0v) is 16.9. The van der Waals surface area contributed by atoms with E-state index in [1.807, 2.05) is 30.3 Å². The molecule has 1 amide bonds. The van der Waals surface area contributed by atoms with Crippen molar-refractivity contribution in [1.29, 1.82) is 0 Å². The minimum Gasteiger partial charge on any atom is -0.355 e. The Bertz CT molecular complexity index is 1020. The number of thioether (sulfide) groups is 1. The van der Waals surface area contributed by atoms with E-state index in [1.165, 1.54) is 23.9 Å². The number of hydrogen-bond donors (Lipinski definition) is 2. The predicted molar refractivity (Wildman–Crippen MR) is 112 cm³/mol. The van der Waals surface area contributed by atoms with Crippen molar-refractivity contribution in [2.24, 2.45) is 0 Å². The van der Waals surface area contributed by atoms with Crippen LogP contribution in [0, 0.1) is 12.7 Å².